The molecule has 100 valence electrons. The van der Waals surface area contributed by atoms with E-state index in [4.69, 9.17) is 9.47 Å². The van der Waals surface area contributed by atoms with Gasteiger partial charge in [-0.15, -0.1) is 0 Å². The monoisotopic (exact) mass is 276 g/mol. The Bertz CT molecular complexity index is 461. The average molecular weight is 276 g/mol. The second-order valence-electron chi connectivity index (χ2n) is 4.44. The molecule has 2 aliphatic heterocycles. The molecule has 0 unspecified atom stereocenters. The van der Waals surface area contributed by atoms with Crippen molar-refractivity contribution in [2.24, 2.45) is 9.98 Å². The van der Waals surface area contributed by atoms with Crippen LogP contribution in [0.2, 0.25) is 0 Å². The van der Waals surface area contributed by atoms with E-state index in [0.717, 1.165) is 50.4 Å². The van der Waals surface area contributed by atoms with Crippen LogP contribution in [0.15, 0.2) is 40.3 Å². The lowest BCUT2D eigenvalue weighted by Crippen LogP contribution is -2.17. The third-order valence-corrected chi connectivity index (χ3v) is 5.40. The molecule has 3 rings (SSSR count). The van der Waals surface area contributed by atoms with Gasteiger partial charge in [0, 0.05) is 12.3 Å². The quantitative estimate of drug-likeness (QED) is 0.767. The Morgan fingerprint density at radius 1 is 0.895 bits per heavy atom. The number of benzene rings is 1. The number of hydrogen-bond donors (Lipinski definition) is 0. The molecule has 2 aliphatic rings. The SMILES string of the molecule is c1ccc(P(CC2=NCCO2)CC2=NCCO2)cc1. The molecule has 2 heterocycles. The summed E-state index contributed by atoms with van der Waals surface area (Å²) < 4.78 is 11.1. The van der Waals surface area contributed by atoms with Crippen molar-refractivity contribution < 1.29 is 9.47 Å². The van der Waals surface area contributed by atoms with Crippen LogP contribution in [-0.4, -0.2) is 50.4 Å². The highest BCUT2D eigenvalue weighted by atomic mass is 31.1. The van der Waals surface area contributed by atoms with Crippen molar-refractivity contribution in [3.05, 3.63) is 30.3 Å². The van der Waals surface area contributed by atoms with E-state index in [2.05, 4.69) is 34.3 Å². The van der Waals surface area contributed by atoms with E-state index in [-0.39, 0.29) is 7.92 Å². The topological polar surface area (TPSA) is 43.2 Å². The molecule has 0 N–H and O–H groups in total. The van der Waals surface area contributed by atoms with Crippen LogP contribution in [0.3, 0.4) is 0 Å². The van der Waals surface area contributed by atoms with E-state index in [1.165, 1.54) is 5.30 Å². The van der Waals surface area contributed by atoms with Gasteiger partial charge in [0.15, 0.2) is 11.8 Å². The van der Waals surface area contributed by atoms with Gasteiger partial charge in [-0.05, 0) is 5.30 Å². The Balaban J connectivity index is 1.74. The molecule has 0 amide bonds. The highest BCUT2D eigenvalue weighted by Crippen LogP contribution is 2.35. The second-order valence-corrected chi connectivity index (χ2v) is 6.67. The zero-order valence-electron chi connectivity index (χ0n) is 10.8. The van der Waals surface area contributed by atoms with E-state index >= 15 is 0 Å². The van der Waals surface area contributed by atoms with Gasteiger partial charge in [-0.2, -0.15) is 0 Å². The molecule has 1 aromatic rings. The van der Waals surface area contributed by atoms with Gasteiger partial charge in [-0.1, -0.05) is 38.3 Å². The standard InChI is InChI=1S/C14H17N2O2P/c1-2-4-12(5-3-1)19(10-13-15-6-8-17-13)11-14-16-7-9-18-14/h1-5H,6-11H2. The third-order valence-electron chi connectivity index (χ3n) is 3.07. The first kappa shape index (κ1) is 12.6. The Hall–Kier alpha value is -1.41. The smallest absolute Gasteiger partial charge is 0.188 e. The molecule has 5 heteroatoms. The fraction of sp³-hybridized carbons (Fsp3) is 0.429. The Kier molecular flexibility index (Phi) is 4.09. The van der Waals surface area contributed by atoms with Crippen LogP contribution in [0.1, 0.15) is 0 Å². The van der Waals surface area contributed by atoms with Crippen molar-refractivity contribution >= 4 is 25.0 Å². The minimum Gasteiger partial charge on any atom is -0.479 e. The van der Waals surface area contributed by atoms with Crippen LogP contribution < -0.4 is 5.30 Å². The molecular formula is C14H17N2O2P. The summed E-state index contributed by atoms with van der Waals surface area (Å²) in [6.45, 7) is 3.05. The molecule has 0 aliphatic carbocycles. The lowest BCUT2D eigenvalue weighted by molar-refractivity contribution is 0.344. The first-order chi connectivity index (χ1) is 9.42. The van der Waals surface area contributed by atoms with Crippen molar-refractivity contribution in [1.82, 2.24) is 0 Å². The van der Waals surface area contributed by atoms with Crippen LogP contribution in [0.25, 0.3) is 0 Å². The van der Waals surface area contributed by atoms with Crippen LogP contribution in [0, 0.1) is 0 Å². The van der Waals surface area contributed by atoms with Gasteiger partial charge >= 0.3 is 0 Å². The van der Waals surface area contributed by atoms with Crippen molar-refractivity contribution in [2.75, 3.05) is 38.6 Å². The lowest BCUT2D eigenvalue weighted by Gasteiger charge is -2.17. The molecule has 0 fully saturated rings. The number of hydrogen-bond acceptors (Lipinski definition) is 4. The maximum absolute atomic E-state index is 5.55. The first-order valence-corrected chi connectivity index (χ1v) is 8.25. The van der Waals surface area contributed by atoms with E-state index in [9.17, 15) is 0 Å². The summed E-state index contributed by atoms with van der Waals surface area (Å²) in [5, 5.41) is 1.36. The maximum atomic E-state index is 5.55. The summed E-state index contributed by atoms with van der Waals surface area (Å²) >= 11 is 0. The zero-order chi connectivity index (χ0) is 12.9. The van der Waals surface area contributed by atoms with Crippen molar-refractivity contribution in [2.45, 2.75) is 0 Å². The summed E-state index contributed by atoms with van der Waals surface area (Å²) in [5.41, 5.74) is 0. The minimum absolute atomic E-state index is 0.389. The lowest BCUT2D eigenvalue weighted by atomic mass is 10.4. The van der Waals surface area contributed by atoms with Gasteiger partial charge in [-0.25, -0.2) is 0 Å². The number of aliphatic imine (C=N–C) groups is 2. The molecular weight excluding hydrogens is 259 g/mol. The Morgan fingerprint density at radius 3 is 1.95 bits per heavy atom. The fourth-order valence-corrected chi connectivity index (χ4v) is 4.26. The summed E-state index contributed by atoms with van der Waals surface area (Å²) in [6.07, 6.45) is 1.78. The Labute approximate surface area is 114 Å². The van der Waals surface area contributed by atoms with Crippen LogP contribution in [0.4, 0.5) is 0 Å². The predicted octanol–water partition coefficient (Wildman–Crippen LogP) is 1.65. The first-order valence-electron chi connectivity index (χ1n) is 6.54. The van der Waals surface area contributed by atoms with E-state index in [0.29, 0.717) is 0 Å². The van der Waals surface area contributed by atoms with Gasteiger partial charge in [-0.3, -0.25) is 9.98 Å². The van der Waals surface area contributed by atoms with Crippen molar-refractivity contribution in [3.8, 4) is 0 Å². The Morgan fingerprint density at radius 2 is 1.47 bits per heavy atom. The van der Waals surface area contributed by atoms with E-state index in [1.54, 1.807) is 0 Å². The van der Waals surface area contributed by atoms with Gasteiger partial charge in [0.2, 0.25) is 0 Å². The minimum atomic E-state index is -0.389. The van der Waals surface area contributed by atoms with E-state index < -0.39 is 0 Å². The predicted molar refractivity (Wildman–Crippen MR) is 79.2 cm³/mol. The average Bonchev–Trinajstić information content (AvgIpc) is 3.12. The third kappa shape index (κ3) is 3.32. The van der Waals surface area contributed by atoms with E-state index in [1.807, 2.05) is 6.07 Å². The molecule has 0 bridgehead atoms. The molecule has 4 nitrogen and oxygen atoms in total. The highest BCUT2D eigenvalue weighted by Gasteiger charge is 2.21. The molecule has 1 aromatic carbocycles. The van der Waals surface area contributed by atoms with Crippen LogP contribution in [0.5, 0.6) is 0 Å². The number of rotatable bonds is 5. The van der Waals surface area contributed by atoms with Gasteiger partial charge in [0.1, 0.15) is 13.2 Å². The number of ether oxygens (including phenoxy) is 2. The molecule has 0 atom stereocenters. The molecule has 0 saturated carbocycles. The van der Waals surface area contributed by atoms with Gasteiger partial charge in [0.25, 0.3) is 0 Å². The summed E-state index contributed by atoms with van der Waals surface area (Å²) in [7, 11) is -0.389. The molecule has 0 spiro atoms. The zero-order valence-corrected chi connectivity index (χ0v) is 11.7. The summed E-state index contributed by atoms with van der Waals surface area (Å²) in [4.78, 5) is 8.81. The molecule has 0 saturated heterocycles. The normalized spacial score (nSPS) is 17.9. The second kappa shape index (κ2) is 6.16. The van der Waals surface area contributed by atoms with Crippen molar-refractivity contribution in [3.63, 3.8) is 0 Å². The number of nitrogens with zero attached hydrogens (tertiary/aromatic N) is 2. The van der Waals surface area contributed by atoms with Crippen LogP contribution >= 0.6 is 7.92 Å². The maximum Gasteiger partial charge on any atom is 0.188 e. The molecule has 19 heavy (non-hydrogen) atoms. The largest absolute Gasteiger partial charge is 0.479 e. The van der Waals surface area contributed by atoms with Crippen molar-refractivity contribution in [1.29, 1.82) is 0 Å². The van der Waals surface area contributed by atoms with Gasteiger partial charge < -0.3 is 9.47 Å². The molecule has 0 radical (unpaired) electrons. The molecule has 0 aromatic heterocycles. The summed E-state index contributed by atoms with van der Waals surface area (Å²) in [6, 6.07) is 10.6. The fourth-order valence-electron chi connectivity index (χ4n) is 2.15. The highest BCUT2D eigenvalue weighted by molar-refractivity contribution is 7.67. The van der Waals surface area contributed by atoms with Gasteiger partial charge in [0.05, 0.1) is 13.1 Å². The van der Waals surface area contributed by atoms with Crippen LogP contribution in [-0.2, 0) is 9.47 Å². The summed E-state index contributed by atoms with van der Waals surface area (Å²) in [5.74, 6) is 1.79.